The van der Waals surface area contributed by atoms with Crippen LogP contribution in [0, 0.1) is 0 Å². The lowest BCUT2D eigenvalue weighted by Crippen LogP contribution is -2.18. The van der Waals surface area contributed by atoms with E-state index in [2.05, 4.69) is 44.3 Å². The zero-order valence-electron chi connectivity index (χ0n) is 13.8. The molecular formula is C17H19N5O2S. The Balaban J connectivity index is 1.58. The van der Waals surface area contributed by atoms with Gasteiger partial charge in [-0.05, 0) is 30.3 Å². The summed E-state index contributed by atoms with van der Waals surface area (Å²) in [4.78, 5) is 8.31. The van der Waals surface area contributed by atoms with Crippen LogP contribution in [0.4, 0.5) is 5.82 Å². The highest BCUT2D eigenvalue weighted by Crippen LogP contribution is 2.12. The molecular weight excluding hydrogens is 338 g/mol. The Morgan fingerprint density at radius 3 is 2.44 bits per heavy atom. The Morgan fingerprint density at radius 2 is 1.84 bits per heavy atom. The van der Waals surface area contributed by atoms with E-state index in [4.69, 9.17) is 0 Å². The van der Waals surface area contributed by atoms with Crippen LogP contribution in [0.1, 0.15) is 11.1 Å². The van der Waals surface area contributed by atoms with Gasteiger partial charge >= 0.3 is 0 Å². The highest BCUT2D eigenvalue weighted by molar-refractivity contribution is 7.89. The summed E-state index contributed by atoms with van der Waals surface area (Å²) in [6.45, 7) is 1.40. The molecule has 2 heterocycles. The van der Waals surface area contributed by atoms with Crippen molar-refractivity contribution >= 4 is 15.8 Å². The molecule has 25 heavy (non-hydrogen) atoms. The lowest BCUT2D eigenvalue weighted by Gasteiger charge is -2.08. The second-order valence-electron chi connectivity index (χ2n) is 5.49. The van der Waals surface area contributed by atoms with Gasteiger partial charge in [-0.15, -0.1) is 0 Å². The molecule has 1 aromatic carbocycles. The summed E-state index contributed by atoms with van der Waals surface area (Å²) in [5.74, 6) is 0.623. The number of nitrogens with zero attached hydrogens (tertiary/aromatic N) is 3. The van der Waals surface area contributed by atoms with Crippen molar-refractivity contribution in [3.05, 3.63) is 72.4 Å². The smallest absolute Gasteiger partial charge is 0.241 e. The molecule has 0 fully saturated rings. The number of hydrogen-bond donors (Lipinski definition) is 2. The average Bonchev–Trinajstić information content (AvgIpc) is 3.14. The van der Waals surface area contributed by atoms with Crippen molar-refractivity contribution in [3.8, 4) is 0 Å². The van der Waals surface area contributed by atoms with Crippen LogP contribution >= 0.6 is 0 Å². The molecule has 0 saturated carbocycles. The molecule has 8 heteroatoms. The summed E-state index contributed by atoms with van der Waals surface area (Å²) in [5.41, 5.74) is 2.31. The molecule has 3 aromatic rings. The third-order valence-corrected chi connectivity index (χ3v) is 5.14. The second-order valence-corrected chi connectivity index (χ2v) is 7.38. The standard InChI is InChI=1S/C17H19N5O2S/c1-18-25(23,24)16-6-7-17(21-11-16)20-10-14-2-4-15(5-3-14)12-22-9-8-19-13-22/h2-9,11,13,18H,10,12H2,1H3,(H,20,21). The molecule has 0 radical (unpaired) electrons. The topological polar surface area (TPSA) is 88.9 Å². The lowest BCUT2D eigenvalue weighted by atomic mass is 10.1. The number of pyridine rings is 1. The van der Waals surface area contributed by atoms with Gasteiger partial charge in [-0.3, -0.25) is 0 Å². The van der Waals surface area contributed by atoms with Crippen molar-refractivity contribution in [2.75, 3.05) is 12.4 Å². The fourth-order valence-electron chi connectivity index (χ4n) is 2.31. The first-order valence-corrected chi connectivity index (χ1v) is 9.22. The minimum absolute atomic E-state index is 0.143. The first kappa shape index (κ1) is 17.1. The molecule has 0 amide bonds. The molecule has 0 unspecified atom stereocenters. The molecule has 130 valence electrons. The van der Waals surface area contributed by atoms with E-state index in [9.17, 15) is 8.42 Å². The predicted molar refractivity (Wildman–Crippen MR) is 95.6 cm³/mol. The van der Waals surface area contributed by atoms with E-state index >= 15 is 0 Å². The monoisotopic (exact) mass is 357 g/mol. The Hall–Kier alpha value is -2.71. The van der Waals surface area contributed by atoms with Crippen LogP contribution < -0.4 is 10.0 Å². The summed E-state index contributed by atoms with van der Waals surface area (Å²) < 4.78 is 27.6. The SMILES string of the molecule is CNS(=O)(=O)c1ccc(NCc2ccc(Cn3ccnc3)cc2)nc1. The van der Waals surface area contributed by atoms with E-state index in [1.807, 2.05) is 10.8 Å². The van der Waals surface area contributed by atoms with Crippen molar-refractivity contribution in [1.29, 1.82) is 0 Å². The summed E-state index contributed by atoms with van der Waals surface area (Å²) in [6.07, 6.45) is 6.82. The summed E-state index contributed by atoms with van der Waals surface area (Å²) in [7, 11) is -2.08. The van der Waals surface area contributed by atoms with Gasteiger partial charge in [0.2, 0.25) is 10.0 Å². The molecule has 0 atom stereocenters. The van der Waals surface area contributed by atoms with Crippen LogP contribution in [0.2, 0.25) is 0 Å². The number of nitrogens with one attached hydrogen (secondary N) is 2. The maximum absolute atomic E-state index is 11.7. The van der Waals surface area contributed by atoms with E-state index in [-0.39, 0.29) is 4.90 Å². The van der Waals surface area contributed by atoms with Gasteiger partial charge in [0.05, 0.1) is 6.33 Å². The second kappa shape index (κ2) is 7.45. The largest absolute Gasteiger partial charge is 0.366 e. The van der Waals surface area contributed by atoms with Crippen molar-refractivity contribution in [2.24, 2.45) is 0 Å². The first-order chi connectivity index (χ1) is 12.1. The van der Waals surface area contributed by atoms with Gasteiger partial charge in [0.1, 0.15) is 10.7 Å². The normalized spacial score (nSPS) is 11.4. The van der Waals surface area contributed by atoms with Gasteiger partial charge in [-0.2, -0.15) is 0 Å². The van der Waals surface area contributed by atoms with Gasteiger partial charge < -0.3 is 9.88 Å². The van der Waals surface area contributed by atoms with Crippen molar-refractivity contribution < 1.29 is 8.42 Å². The maximum Gasteiger partial charge on any atom is 0.241 e. The fourth-order valence-corrected chi connectivity index (χ4v) is 2.98. The third-order valence-electron chi connectivity index (χ3n) is 3.74. The summed E-state index contributed by atoms with van der Waals surface area (Å²) in [6, 6.07) is 11.4. The summed E-state index contributed by atoms with van der Waals surface area (Å²) >= 11 is 0. The van der Waals surface area contributed by atoms with Gasteiger partial charge in [0.25, 0.3) is 0 Å². The zero-order valence-corrected chi connectivity index (χ0v) is 14.6. The number of rotatable bonds is 7. The maximum atomic E-state index is 11.7. The van der Waals surface area contributed by atoms with Crippen LogP contribution in [-0.2, 0) is 23.1 Å². The number of aromatic nitrogens is 3. The number of hydrogen-bond acceptors (Lipinski definition) is 5. The van der Waals surface area contributed by atoms with Crippen molar-refractivity contribution in [3.63, 3.8) is 0 Å². The first-order valence-electron chi connectivity index (χ1n) is 7.74. The van der Waals surface area contributed by atoms with Gasteiger partial charge in [-0.25, -0.2) is 23.1 Å². The minimum Gasteiger partial charge on any atom is -0.366 e. The van der Waals surface area contributed by atoms with Crippen LogP contribution in [0.25, 0.3) is 0 Å². The molecule has 0 aliphatic carbocycles. The Bertz CT molecular complexity index is 905. The molecule has 3 rings (SSSR count). The predicted octanol–water partition coefficient (Wildman–Crippen LogP) is 1.85. The van der Waals surface area contributed by atoms with Crippen LogP contribution in [-0.4, -0.2) is 30.0 Å². The third kappa shape index (κ3) is 4.43. The highest BCUT2D eigenvalue weighted by atomic mass is 32.2. The molecule has 0 bridgehead atoms. The lowest BCUT2D eigenvalue weighted by molar-refractivity contribution is 0.588. The Labute approximate surface area is 146 Å². The molecule has 0 saturated heterocycles. The van der Waals surface area contributed by atoms with Crippen molar-refractivity contribution in [1.82, 2.24) is 19.3 Å². The van der Waals surface area contributed by atoms with Crippen LogP contribution in [0.15, 0.2) is 66.2 Å². The number of sulfonamides is 1. The molecule has 0 aliphatic rings. The van der Waals surface area contributed by atoms with E-state index in [1.165, 1.54) is 24.9 Å². The van der Waals surface area contributed by atoms with Crippen LogP contribution in [0.3, 0.4) is 0 Å². The van der Waals surface area contributed by atoms with E-state index in [1.54, 1.807) is 18.6 Å². The van der Waals surface area contributed by atoms with Gasteiger partial charge in [0.15, 0.2) is 0 Å². The van der Waals surface area contributed by atoms with E-state index < -0.39 is 10.0 Å². The number of anilines is 1. The summed E-state index contributed by atoms with van der Waals surface area (Å²) in [5, 5.41) is 3.18. The highest BCUT2D eigenvalue weighted by Gasteiger charge is 2.11. The van der Waals surface area contributed by atoms with Gasteiger partial charge in [0, 0.05) is 31.7 Å². The average molecular weight is 357 g/mol. The van der Waals surface area contributed by atoms with Crippen LogP contribution in [0.5, 0.6) is 0 Å². The molecule has 7 nitrogen and oxygen atoms in total. The van der Waals surface area contributed by atoms with Gasteiger partial charge in [-0.1, -0.05) is 24.3 Å². The molecule has 2 N–H and O–H groups in total. The molecule has 0 spiro atoms. The molecule has 0 aliphatic heterocycles. The Morgan fingerprint density at radius 1 is 1.08 bits per heavy atom. The van der Waals surface area contributed by atoms with E-state index in [0.717, 1.165) is 12.1 Å². The zero-order chi connectivity index (χ0) is 17.7. The minimum atomic E-state index is -3.46. The van der Waals surface area contributed by atoms with E-state index in [0.29, 0.717) is 12.4 Å². The number of benzene rings is 1. The molecule has 2 aromatic heterocycles. The Kier molecular flexibility index (Phi) is 5.11. The number of imidazole rings is 1. The van der Waals surface area contributed by atoms with Crippen molar-refractivity contribution in [2.45, 2.75) is 18.0 Å². The quantitative estimate of drug-likeness (QED) is 0.674. The fraction of sp³-hybridized carbons (Fsp3) is 0.176.